The summed E-state index contributed by atoms with van der Waals surface area (Å²) >= 11 is 0. The molecule has 2 aromatic rings. The Morgan fingerprint density at radius 1 is 1.05 bits per heavy atom. The molecule has 2 aromatic carbocycles. The lowest BCUT2D eigenvalue weighted by Gasteiger charge is -2.11. The van der Waals surface area contributed by atoms with E-state index in [1.165, 1.54) is 0 Å². The van der Waals surface area contributed by atoms with Crippen LogP contribution in [0.2, 0.25) is 0 Å². The average Bonchev–Trinajstić information content (AvgIpc) is 2.41. The normalized spacial score (nSPS) is 11.3. The first-order valence-corrected chi connectivity index (χ1v) is 7.67. The molecule has 0 spiro atoms. The Labute approximate surface area is 119 Å². The zero-order valence-electron chi connectivity index (χ0n) is 11.5. The molecule has 0 fully saturated rings. The quantitative estimate of drug-likeness (QED) is 0.860. The maximum Gasteiger partial charge on any atom is 0.339 e. The summed E-state index contributed by atoms with van der Waals surface area (Å²) < 4.78 is 29.7. The molecular formula is C15H17NO3S. The van der Waals surface area contributed by atoms with Gasteiger partial charge in [0.2, 0.25) is 0 Å². The van der Waals surface area contributed by atoms with E-state index in [-0.39, 0.29) is 4.90 Å². The highest BCUT2D eigenvalue weighted by atomic mass is 32.2. The van der Waals surface area contributed by atoms with Gasteiger partial charge in [0.05, 0.1) is 0 Å². The third-order valence-corrected chi connectivity index (χ3v) is 4.10. The summed E-state index contributed by atoms with van der Waals surface area (Å²) in [5, 5.41) is 2.98. The van der Waals surface area contributed by atoms with Crippen LogP contribution in [-0.4, -0.2) is 15.5 Å². The minimum atomic E-state index is -3.80. The zero-order chi connectivity index (χ0) is 14.6. The van der Waals surface area contributed by atoms with E-state index in [0.29, 0.717) is 12.3 Å². The van der Waals surface area contributed by atoms with Gasteiger partial charge in [-0.05, 0) is 32.2 Å². The molecule has 4 nitrogen and oxygen atoms in total. The molecule has 0 aliphatic heterocycles. The van der Waals surface area contributed by atoms with Crippen molar-refractivity contribution in [3.63, 3.8) is 0 Å². The predicted molar refractivity (Wildman–Crippen MR) is 78.2 cm³/mol. The number of para-hydroxylation sites is 1. The molecule has 1 N–H and O–H groups in total. The van der Waals surface area contributed by atoms with E-state index in [4.69, 9.17) is 4.18 Å². The molecule has 106 valence electrons. The summed E-state index contributed by atoms with van der Waals surface area (Å²) in [5.74, 6) is 0.349. The first-order valence-electron chi connectivity index (χ1n) is 6.26. The third-order valence-electron chi connectivity index (χ3n) is 2.85. The summed E-state index contributed by atoms with van der Waals surface area (Å²) in [7, 11) is -2.00. The highest BCUT2D eigenvalue weighted by molar-refractivity contribution is 7.87. The van der Waals surface area contributed by atoms with E-state index in [1.807, 2.05) is 19.1 Å². The Bertz CT molecular complexity index is 679. The van der Waals surface area contributed by atoms with E-state index >= 15 is 0 Å². The molecule has 0 aliphatic rings. The molecular weight excluding hydrogens is 274 g/mol. The number of benzene rings is 2. The minimum Gasteiger partial charge on any atom is -0.379 e. The lowest BCUT2D eigenvalue weighted by Crippen LogP contribution is -2.13. The highest BCUT2D eigenvalue weighted by Crippen LogP contribution is 2.23. The molecule has 0 saturated carbocycles. The maximum atomic E-state index is 12.2. The van der Waals surface area contributed by atoms with Crippen LogP contribution in [0.3, 0.4) is 0 Å². The van der Waals surface area contributed by atoms with Gasteiger partial charge in [-0.1, -0.05) is 35.9 Å². The predicted octanol–water partition coefficient (Wildman–Crippen LogP) is 2.48. The van der Waals surface area contributed by atoms with Crippen molar-refractivity contribution in [3.8, 4) is 5.75 Å². The van der Waals surface area contributed by atoms with E-state index in [2.05, 4.69) is 5.32 Å². The van der Waals surface area contributed by atoms with Crippen LogP contribution in [-0.2, 0) is 16.7 Å². The van der Waals surface area contributed by atoms with Crippen molar-refractivity contribution in [2.24, 2.45) is 0 Å². The fourth-order valence-electron chi connectivity index (χ4n) is 1.79. The van der Waals surface area contributed by atoms with Gasteiger partial charge < -0.3 is 9.50 Å². The van der Waals surface area contributed by atoms with Crippen LogP contribution in [0, 0.1) is 6.92 Å². The molecule has 0 amide bonds. The Hall–Kier alpha value is -1.85. The molecule has 0 heterocycles. The van der Waals surface area contributed by atoms with Crippen molar-refractivity contribution in [1.82, 2.24) is 5.32 Å². The fourth-order valence-corrected chi connectivity index (χ4v) is 2.76. The Morgan fingerprint density at radius 2 is 1.70 bits per heavy atom. The van der Waals surface area contributed by atoms with Crippen LogP contribution >= 0.6 is 0 Å². The monoisotopic (exact) mass is 291 g/mol. The van der Waals surface area contributed by atoms with Crippen LogP contribution in [0.25, 0.3) is 0 Å². The van der Waals surface area contributed by atoms with E-state index < -0.39 is 10.1 Å². The first-order chi connectivity index (χ1) is 9.53. The molecule has 20 heavy (non-hydrogen) atoms. The van der Waals surface area contributed by atoms with E-state index in [0.717, 1.165) is 11.1 Å². The van der Waals surface area contributed by atoms with E-state index in [1.54, 1.807) is 43.4 Å². The first kappa shape index (κ1) is 14.6. The van der Waals surface area contributed by atoms with Crippen LogP contribution in [0.5, 0.6) is 5.75 Å². The zero-order valence-corrected chi connectivity index (χ0v) is 12.3. The summed E-state index contributed by atoms with van der Waals surface area (Å²) in [4.78, 5) is 0.155. The average molecular weight is 291 g/mol. The summed E-state index contributed by atoms with van der Waals surface area (Å²) in [6.45, 7) is 2.44. The van der Waals surface area contributed by atoms with Crippen molar-refractivity contribution in [2.75, 3.05) is 7.05 Å². The van der Waals surface area contributed by atoms with E-state index in [9.17, 15) is 8.42 Å². The smallest absolute Gasteiger partial charge is 0.339 e. The molecule has 2 rings (SSSR count). The van der Waals surface area contributed by atoms with Gasteiger partial charge in [-0.25, -0.2) is 0 Å². The van der Waals surface area contributed by atoms with Crippen molar-refractivity contribution >= 4 is 10.1 Å². The second-order valence-electron chi connectivity index (χ2n) is 4.49. The summed E-state index contributed by atoms with van der Waals surface area (Å²) in [5.41, 5.74) is 1.80. The van der Waals surface area contributed by atoms with Gasteiger partial charge in [0.25, 0.3) is 0 Å². The molecule has 0 aliphatic carbocycles. The van der Waals surface area contributed by atoms with Crippen LogP contribution < -0.4 is 9.50 Å². The summed E-state index contributed by atoms with van der Waals surface area (Å²) in [6, 6.07) is 13.7. The molecule has 0 radical (unpaired) electrons. The van der Waals surface area contributed by atoms with Crippen LogP contribution in [0.1, 0.15) is 11.1 Å². The second kappa shape index (κ2) is 6.07. The lowest BCUT2D eigenvalue weighted by atomic mass is 10.2. The highest BCUT2D eigenvalue weighted by Gasteiger charge is 2.17. The Morgan fingerprint density at radius 3 is 2.35 bits per heavy atom. The van der Waals surface area contributed by atoms with Crippen molar-refractivity contribution < 1.29 is 12.6 Å². The molecule has 0 saturated heterocycles. The molecule has 0 unspecified atom stereocenters. The third kappa shape index (κ3) is 3.37. The topological polar surface area (TPSA) is 55.4 Å². The van der Waals surface area contributed by atoms with Gasteiger partial charge >= 0.3 is 10.1 Å². The standard InChI is InChI=1S/C15H17NO3S/c1-12-7-9-14(10-8-12)20(17,18)19-15-6-4-3-5-13(15)11-16-2/h3-10,16H,11H2,1-2H3. The van der Waals surface area contributed by atoms with Crippen molar-refractivity contribution in [2.45, 2.75) is 18.4 Å². The number of hydrogen-bond acceptors (Lipinski definition) is 4. The van der Waals surface area contributed by atoms with Gasteiger partial charge in [-0.15, -0.1) is 0 Å². The van der Waals surface area contributed by atoms with Crippen molar-refractivity contribution in [1.29, 1.82) is 0 Å². The van der Waals surface area contributed by atoms with Crippen LogP contribution in [0.15, 0.2) is 53.4 Å². The van der Waals surface area contributed by atoms with Gasteiger partial charge in [0, 0.05) is 12.1 Å². The van der Waals surface area contributed by atoms with Gasteiger partial charge in [0.1, 0.15) is 10.6 Å². The number of aryl methyl sites for hydroxylation is 1. The van der Waals surface area contributed by atoms with Gasteiger partial charge in [-0.3, -0.25) is 0 Å². The van der Waals surface area contributed by atoms with Gasteiger partial charge in [-0.2, -0.15) is 8.42 Å². The maximum absolute atomic E-state index is 12.2. The lowest BCUT2D eigenvalue weighted by molar-refractivity contribution is 0.482. The molecule has 5 heteroatoms. The molecule has 0 atom stereocenters. The number of rotatable bonds is 5. The SMILES string of the molecule is CNCc1ccccc1OS(=O)(=O)c1ccc(C)cc1. The Balaban J connectivity index is 2.31. The number of nitrogens with one attached hydrogen (secondary N) is 1. The van der Waals surface area contributed by atoms with Crippen LogP contribution in [0.4, 0.5) is 0 Å². The summed E-state index contributed by atoms with van der Waals surface area (Å²) in [6.07, 6.45) is 0. The minimum absolute atomic E-state index is 0.155. The number of hydrogen-bond donors (Lipinski definition) is 1. The fraction of sp³-hybridized carbons (Fsp3) is 0.200. The largest absolute Gasteiger partial charge is 0.379 e. The molecule has 0 bridgehead atoms. The Kier molecular flexibility index (Phi) is 4.42. The second-order valence-corrected chi connectivity index (χ2v) is 6.03. The molecule has 0 aromatic heterocycles. The van der Waals surface area contributed by atoms with Crippen molar-refractivity contribution in [3.05, 3.63) is 59.7 Å². The van der Waals surface area contributed by atoms with Gasteiger partial charge in [0.15, 0.2) is 0 Å².